The van der Waals surface area contributed by atoms with Crippen molar-refractivity contribution in [2.75, 3.05) is 19.6 Å². The first-order chi connectivity index (χ1) is 9.13. The van der Waals surface area contributed by atoms with E-state index in [4.69, 9.17) is 0 Å². The summed E-state index contributed by atoms with van der Waals surface area (Å²) >= 11 is 4.44. The third-order valence-corrected chi connectivity index (χ3v) is 5.97. The summed E-state index contributed by atoms with van der Waals surface area (Å²) in [7, 11) is 0. The quantitative estimate of drug-likeness (QED) is 0.735. The van der Waals surface area contributed by atoms with E-state index >= 15 is 0 Å². The molecule has 1 aliphatic carbocycles. The molecule has 1 aromatic rings. The normalized spacial score (nSPS) is 20.6. The standard InChI is InChI=1S/C15H25IN2S/c1-4-18(5-2)10-11(3)17-13-7-6-8-14-12(13)9-15(16)19-14/h9,11,13,17H,4-8,10H2,1-3H3. The zero-order chi connectivity index (χ0) is 13.8. The van der Waals surface area contributed by atoms with Gasteiger partial charge in [0.05, 0.1) is 2.88 Å². The minimum absolute atomic E-state index is 0.563. The maximum absolute atomic E-state index is 3.85. The van der Waals surface area contributed by atoms with Crippen molar-refractivity contribution in [3.8, 4) is 0 Å². The lowest BCUT2D eigenvalue weighted by Crippen LogP contribution is -2.41. The summed E-state index contributed by atoms with van der Waals surface area (Å²) in [4.78, 5) is 4.11. The highest BCUT2D eigenvalue weighted by atomic mass is 127. The molecule has 0 amide bonds. The fourth-order valence-electron chi connectivity index (χ4n) is 2.96. The Morgan fingerprint density at radius 1 is 1.47 bits per heavy atom. The highest BCUT2D eigenvalue weighted by molar-refractivity contribution is 14.1. The van der Waals surface area contributed by atoms with Crippen LogP contribution in [0.15, 0.2) is 6.07 Å². The maximum atomic E-state index is 3.85. The van der Waals surface area contributed by atoms with Gasteiger partial charge in [0.15, 0.2) is 0 Å². The Kier molecular flexibility index (Phi) is 6.11. The molecule has 108 valence electrons. The average molecular weight is 392 g/mol. The van der Waals surface area contributed by atoms with Crippen molar-refractivity contribution in [1.82, 2.24) is 10.2 Å². The van der Waals surface area contributed by atoms with E-state index < -0.39 is 0 Å². The molecule has 0 aromatic carbocycles. The number of nitrogens with zero attached hydrogens (tertiary/aromatic N) is 1. The highest BCUT2D eigenvalue weighted by Gasteiger charge is 2.23. The van der Waals surface area contributed by atoms with Crippen molar-refractivity contribution in [3.05, 3.63) is 19.4 Å². The molecule has 0 bridgehead atoms. The number of thiophene rings is 1. The molecule has 1 aromatic heterocycles. The van der Waals surface area contributed by atoms with Gasteiger partial charge >= 0.3 is 0 Å². The van der Waals surface area contributed by atoms with Crippen molar-refractivity contribution < 1.29 is 0 Å². The lowest BCUT2D eigenvalue weighted by molar-refractivity contribution is 0.257. The largest absolute Gasteiger partial charge is 0.306 e. The monoisotopic (exact) mass is 392 g/mol. The van der Waals surface area contributed by atoms with Crippen molar-refractivity contribution in [1.29, 1.82) is 0 Å². The molecule has 2 atom stereocenters. The molecule has 4 heteroatoms. The second-order valence-electron chi connectivity index (χ2n) is 5.43. The van der Waals surface area contributed by atoms with Crippen LogP contribution in [0.1, 0.15) is 50.1 Å². The molecular weight excluding hydrogens is 367 g/mol. The van der Waals surface area contributed by atoms with E-state index in [0.29, 0.717) is 12.1 Å². The zero-order valence-electron chi connectivity index (χ0n) is 12.2. The van der Waals surface area contributed by atoms with E-state index in [1.165, 1.54) is 22.1 Å². The fraction of sp³-hybridized carbons (Fsp3) is 0.733. The van der Waals surface area contributed by atoms with Crippen LogP contribution in [0.5, 0.6) is 0 Å². The summed E-state index contributed by atoms with van der Waals surface area (Å²) in [5.41, 5.74) is 1.58. The predicted molar refractivity (Wildman–Crippen MR) is 93.1 cm³/mol. The molecule has 19 heavy (non-hydrogen) atoms. The lowest BCUT2D eigenvalue weighted by Gasteiger charge is -2.30. The zero-order valence-corrected chi connectivity index (χ0v) is 15.2. The Morgan fingerprint density at radius 3 is 2.89 bits per heavy atom. The van der Waals surface area contributed by atoms with Crippen LogP contribution in [0.25, 0.3) is 0 Å². The molecule has 0 radical (unpaired) electrons. The van der Waals surface area contributed by atoms with Crippen LogP contribution >= 0.6 is 33.9 Å². The van der Waals surface area contributed by atoms with Crippen molar-refractivity contribution in [2.45, 2.75) is 52.1 Å². The van der Waals surface area contributed by atoms with Crippen LogP contribution in [0.4, 0.5) is 0 Å². The second kappa shape index (κ2) is 7.38. The summed E-state index contributed by atoms with van der Waals surface area (Å²) in [5.74, 6) is 0. The molecule has 2 unspecified atom stereocenters. The Labute approximate surface area is 135 Å². The summed E-state index contributed by atoms with van der Waals surface area (Å²) in [6.45, 7) is 10.3. The first-order valence-electron chi connectivity index (χ1n) is 7.40. The maximum Gasteiger partial charge on any atom is 0.0659 e. The summed E-state index contributed by atoms with van der Waals surface area (Å²) in [6, 6.07) is 3.53. The molecule has 0 spiro atoms. The van der Waals surface area contributed by atoms with Gasteiger partial charge in [-0.25, -0.2) is 0 Å². The Morgan fingerprint density at radius 2 is 2.21 bits per heavy atom. The Hall–Kier alpha value is 0.350. The number of aryl methyl sites for hydroxylation is 1. The van der Waals surface area contributed by atoms with Gasteiger partial charge in [0, 0.05) is 23.5 Å². The Bertz CT molecular complexity index is 401. The third kappa shape index (κ3) is 4.16. The molecule has 0 aliphatic heterocycles. The Balaban J connectivity index is 1.96. The van der Waals surface area contributed by atoms with E-state index in [2.05, 4.69) is 59.6 Å². The van der Waals surface area contributed by atoms with E-state index in [1.54, 1.807) is 10.4 Å². The number of halogens is 1. The molecule has 1 aliphatic rings. The SMILES string of the molecule is CCN(CC)CC(C)NC1CCCc2sc(I)cc21. The third-order valence-electron chi connectivity index (χ3n) is 4.00. The second-order valence-corrected chi connectivity index (χ2v) is 8.46. The molecule has 0 saturated carbocycles. The van der Waals surface area contributed by atoms with Gasteiger partial charge in [0.1, 0.15) is 0 Å². The van der Waals surface area contributed by atoms with E-state index in [1.807, 2.05) is 11.3 Å². The fourth-order valence-corrected chi connectivity index (χ4v) is 5.08. The van der Waals surface area contributed by atoms with E-state index in [-0.39, 0.29) is 0 Å². The number of hydrogen-bond donors (Lipinski definition) is 1. The first kappa shape index (κ1) is 15.7. The summed E-state index contributed by atoms with van der Waals surface area (Å²) in [6.07, 6.45) is 3.91. The molecule has 1 N–H and O–H groups in total. The van der Waals surface area contributed by atoms with Crippen molar-refractivity contribution in [3.63, 3.8) is 0 Å². The minimum Gasteiger partial charge on any atom is -0.306 e. The highest BCUT2D eigenvalue weighted by Crippen LogP contribution is 2.36. The van der Waals surface area contributed by atoms with Crippen LogP contribution < -0.4 is 5.32 Å². The minimum atomic E-state index is 0.563. The van der Waals surface area contributed by atoms with Crippen LogP contribution in [-0.4, -0.2) is 30.6 Å². The van der Waals surface area contributed by atoms with Gasteiger partial charge in [-0.15, -0.1) is 11.3 Å². The number of rotatable bonds is 6. The van der Waals surface area contributed by atoms with Crippen LogP contribution in [0.3, 0.4) is 0 Å². The predicted octanol–water partition coefficient (Wildman–Crippen LogP) is 4.05. The van der Waals surface area contributed by atoms with Crippen LogP contribution in [-0.2, 0) is 6.42 Å². The van der Waals surface area contributed by atoms with Gasteiger partial charge < -0.3 is 10.2 Å². The smallest absolute Gasteiger partial charge is 0.0659 e. The van der Waals surface area contributed by atoms with Gasteiger partial charge in [-0.3, -0.25) is 0 Å². The number of hydrogen-bond acceptors (Lipinski definition) is 3. The van der Waals surface area contributed by atoms with Crippen LogP contribution in [0.2, 0.25) is 0 Å². The number of fused-ring (bicyclic) bond motifs is 1. The van der Waals surface area contributed by atoms with Gasteiger partial charge in [-0.05, 0) is 73.5 Å². The molecule has 0 fully saturated rings. The van der Waals surface area contributed by atoms with Crippen LogP contribution in [0, 0.1) is 2.88 Å². The van der Waals surface area contributed by atoms with Gasteiger partial charge in [-0.1, -0.05) is 13.8 Å². The molecule has 2 nitrogen and oxygen atoms in total. The lowest BCUT2D eigenvalue weighted by atomic mass is 9.93. The van der Waals surface area contributed by atoms with E-state index in [0.717, 1.165) is 19.6 Å². The number of likely N-dealkylation sites (N-methyl/N-ethyl adjacent to an activating group) is 1. The van der Waals surface area contributed by atoms with E-state index in [9.17, 15) is 0 Å². The molecule has 0 saturated heterocycles. The molecular formula is C15H25IN2S. The average Bonchev–Trinajstić information content (AvgIpc) is 2.77. The molecule has 2 rings (SSSR count). The summed E-state index contributed by atoms with van der Waals surface area (Å²) < 4.78 is 1.44. The topological polar surface area (TPSA) is 15.3 Å². The first-order valence-corrected chi connectivity index (χ1v) is 9.30. The molecule has 1 heterocycles. The van der Waals surface area contributed by atoms with Crippen molar-refractivity contribution in [2.24, 2.45) is 0 Å². The number of nitrogens with one attached hydrogen (secondary N) is 1. The van der Waals surface area contributed by atoms with Gasteiger partial charge in [0.25, 0.3) is 0 Å². The summed E-state index contributed by atoms with van der Waals surface area (Å²) in [5, 5.41) is 3.85. The van der Waals surface area contributed by atoms with Gasteiger partial charge in [-0.2, -0.15) is 0 Å². The van der Waals surface area contributed by atoms with Crippen molar-refractivity contribution >= 4 is 33.9 Å². The van der Waals surface area contributed by atoms with Gasteiger partial charge in [0.2, 0.25) is 0 Å².